The summed E-state index contributed by atoms with van der Waals surface area (Å²) in [6, 6.07) is 14.7. The molecule has 0 radical (unpaired) electrons. The van der Waals surface area contributed by atoms with Crippen LogP contribution >= 0.6 is 0 Å². The minimum Gasteiger partial charge on any atom is -0.451 e. The largest absolute Gasteiger partial charge is 0.451 e. The summed E-state index contributed by atoms with van der Waals surface area (Å²) >= 11 is 0. The first-order chi connectivity index (χ1) is 13.4. The molecule has 1 fully saturated rings. The summed E-state index contributed by atoms with van der Waals surface area (Å²) in [5.41, 5.74) is 2.96. The zero-order chi connectivity index (χ0) is 19.8. The fraction of sp³-hybridized carbons (Fsp3) is 0.348. The lowest BCUT2D eigenvalue weighted by atomic mass is 10.1. The molecule has 1 aliphatic heterocycles. The van der Waals surface area contributed by atoms with Crippen molar-refractivity contribution in [2.24, 2.45) is 0 Å². The number of furan rings is 1. The second kappa shape index (κ2) is 7.40. The van der Waals surface area contributed by atoms with Gasteiger partial charge in [0, 0.05) is 37.1 Å². The SMILES string of the molecule is Cc1ccc2oc(C(=O)N3C[C@@H](C)N(Cc4ccc(F)cc4)C[C@@H]3C)cc2c1. The molecule has 0 aliphatic carbocycles. The van der Waals surface area contributed by atoms with Crippen molar-refractivity contribution < 1.29 is 13.6 Å². The van der Waals surface area contributed by atoms with E-state index in [1.54, 1.807) is 0 Å². The van der Waals surface area contributed by atoms with Crippen LogP contribution in [0.2, 0.25) is 0 Å². The molecule has 1 aliphatic rings. The average molecular weight is 380 g/mol. The van der Waals surface area contributed by atoms with Gasteiger partial charge >= 0.3 is 0 Å². The number of hydrogen-bond acceptors (Lipinski definition) is 3. The lowest BCUT2D eigenvalue weighted by Crippen LogP contribution is -2.57. The van der Waals surface area contributed by atoms with Crippen LogP contribution in [0, 0.1) is 12.7 Å². The highest BCUT2D eigenvalue weighted by Gasteiger charge is 2.33. The Kier molecular flexibility index (Phi) is 4.94. The van der Waals surface area contributed by atoms with Crippen molar-refractivity contribution >= 4 is 16.9 Å². The van der Waals surface area contributed by atoms with E-state index in [9.17, 15) is 9.18 Å². The number of halogens is 1. The molecule has 3 aromatic rings. The number of benzene rings is 2. The van der Waals surface area contributed by atoms with Gasteiger partial charge in [0.05, 0.1) is 0 Å². The molecule has 0 unspecified atom stereocenters. The van der Waals surface area contributed by atoms with Crippen LogP contribution in [0.5, 0.6) is 0 Å². The minimum atomic E-state index is -0.221. The molecule has 0 spiro atoms. The Balaban J connectivity index is 1.48. The summed E-state index contributed by atoms with van der Waals surface area (Å²) in [6.45, 7) is 8.36. The highest BCUT2D eigenvalue weighted by molar-refractivity contribution is 5.96. The van der Waals surface area contributed by atoms with Gasteiger partial charge in [-0.15, -0.1) is 0 Å². The van der Waals surface area contributed by atoms with Gasteiger partial charge in [-0.25, -0.2) is 4.39 Å². The van der Waals surface area contributed by atoms with E-state index in [1.165, 1.54) is 12.1 Å². The highest BCUT2D eigenvalue weighted by Crippen LogP contribution is 2.25. The molecular weight excluding hydrogens is 355 g/mol. The fourth-order valence-electron chi connectivity index (χ4n) is 3.94. The normalized spacial score (nSPS) is 20.6. The van der Waals surface area contributed by atoms with Gasteiger partial charge in [0.25, 0.3) is 5.91 Å². The molecule has 1 saturated heterocycles. The fourth-order valence-corrected chi connectivity index (χ4v) is 3.94. The Labute approximate surface area is 164 Å². The number of nitrogens with zero attached hydrogens (tertiary/aromatic N) is 2. The molecule has 2 aromatic carbocycles. The van der Waals surface area contributed by atoms with E-state index in [2.05, 4.69) is 18.7 Å². The second-order valence-electron chi connectivity index (χ2n) is 7.86. The number of piperazine rings is 1. The highest BCUT2D eigenvalue weighted by atomic mass is 19.1. The van der Waals surface area contributed by atoms with Gasteiger partial charge in [0.2, 0.25) is 0 Å². The first-order valence-corrected chi connectivity index (χ1v) is 9.70. The molecule has 146 valence electrons. The number of fused-ring (bicyclic) bond motifs is 1. The van der Waals surface area contributed by atoms with Crippen LogP contribution in [0.3, 0.4) is 0 Å². The van der Waals surface area contributed by atoms with E-state index >= 15 is 0 Å². The summed E-state index contributed by atoms with van der Waals surface area (Å²) in [5, 5.41) is 0.957. The van der Waals surface area contributed by atoms with Crippen LogP contribution in [0.25, 0.3) is 11.0 Å². The molecule has 28 heavy (non-hydrogen) atoms. The van der Waals surface area contributed by atoms with E-state index in [1.807, 2.05) is 48.2 Å². The van der Waals surface area contributed by atoms with Crippen LogP contribution in [-0.2, 0) is 6.54 Å². The smallest absolute Gasteiger partial charge is 0.289 e. The van der Waals surface area contributed by atoms with Crippen molar-refractivity contribution in [3.63, 3.8) is 0 Å². The van der Waals surface area contributed by atoms with Crippen molar-refractivity contribution in [3.05, 3.63) is 71.2 Å². The summed E-state index contributed by atoms with van der Waals surface area (Å²) in [6.07, 6.45) is 0. The second-order valence-corrected chi connectivity index (χ2v) is 7.86. The average Bonchev–Trinajstić information content (AvgIpc) is 3.09. The lowest BCUT2D eigenvalue weighted by Gasteiger charge is -2.43. The van der Waals surface area contributed by atoms with Crippen molar-refractivity contribution in [1.82, 2.24) is 9.80 Å². The van der Waals surface area contributed by atoms with E-state index in [-0.39, 0.29) is 23.8 Å². The van der Waals surface area contributed by atoms with Crippen molar-refractivity contribution in [2.75, 3.05) is 13.1 Å². The molecule has 4 nitrogen and oxygen atoms in total. The first-order valence-electron chi connectivity index (χ1n) is 9.70. The monoisotopic (exact) mass is 380 g/mol. The van der Waals surface area contributed by atoms with Crippen LogP contribution in [-0.4, -0.2) is 40.9 Å². The molecule has 5 heteroatoms. The van der Waals surface area contributed by atoms with Gasteiger partial charge in [-0.3, -0.25) is 9.69 Å². The van der Waals surface area contributed by atoms with E-state index in [0.717, 1.165) is 35.2 Å². The van der Waals surface area contributed by atoms with Crippen LogP contribution < -0.4 is 0 Å². The van der Waals surface area contributed by atoms with Crippen molar-refractivity contribution in [1.29, 1.82) is 0 Å². The van der Waals surface area contributed by atoms with E-state index < -0.39 is 0 Å². The maximum atomic E-state index is 13.1. The predicted molar refractivity (Wildman–Crippen MR) is 108 cm³/mol. The van der Waals surface area contributed by atoms with Crippen LogP contribution in [0.1, 0.15) is 35.5 Å². The van der Waals surface area contributed by atoms with Crippen molar-refractivity contribution in [2.45, 2.75) is 39.4 Å². The summed E-state index contributed by atoms with van der Waals surface area (Å²) in [7, 11) is 0. The number of rotatable bonds is 3. The third-order valence-electron chi connectivity index (χ3n) is 5.56. The van der Waals surface area contributed by atoms with Crippen LogP contribution in [0.4, 0.5) is 4.39 Å². The van der Waals surface area contributed by atoms with Gasteiger partial charge < -0.3 is 9.32 Å². The third-order valence-corrected chi connectivity index (χ3v) is 5.56. The molecule has 0 bridgehead atoms. The maximum Gasteiger partial charge on any atom is 0.289 e. The number of carbonyl (C=O) groups excluding carboxylic acids is 1. The van der Waals surface area contributed by atoms with Gasteiger partial charge in [-0.2, -0.15) is 0 Å². The topological polar surface area (TPSA) is 36.7 Å². The number of carbonyl (C=O) groups is 1. The molecule has 2 atom stereocenters. The number of amides is 1. The summed E-state index contributed by atoms with van der Waals surface area (Å²) in [5.74, 6) is 0.114. The van der Waals surface area contributed by atoms with Gasteiger partial charge in [-0.1, -0.05) is 23.8 Å². The van der Waals surface area contributed by atoms with Gasteiger partial charge in [0.1, 0.15) is 11.4 Å². The Hall–Kier alpha value is -2.66. The number of aryl methyl sites for hydroxylation is 1. The zero-order valence-electron chi connectivity index (χ0n) is 16.5. The minimum absolute atomic E-state index is 0.0605. The molecule has 0 saturated carbocycles. The molecular formula is C23H25FN2O2. The molecule has 2 heterocycles. The predicted octanol–water partition coefficient (Wildman–Crippen LogP) is 4.62. The maximum absolute atomic E-state index is 13.1. The third kappa shape index (κ3) is 3.67. The first kappa shape index (κ1) is 18.7. The number of hydrogen-bond donors (Lipinski definition) is 0. The van der Waals surface area contributed by atoms with Crippen LogP contribution in [0.15, 0.2) is 52.9 Å². The standard InChI is InChI=1S/C23H25FN2O2/c1-15-4-9-21-19(10-15)11-22(28-21)23(27)26-13-16(2)25(12-17(26)3)14-18-5-7-20(24)8-6-18/h4-11,16-17H,12-14H2,1-3H3/t16-,17+/m1/s1. The molecule has 1 amide bonds. The Bertz CT molecular complexity index is 996. The Morgan fingerprint density at radius 2 is 1.82 bits per heavy atom. The summed E-state index contributed by atoms with van der Waals surface area (Å²) < 4.78 is 19.0. The van der Waals surface area contributed by atoms with Gasteiger partial charge in [0.15, 0.2) is 5.76 Å². The van der Waals surface area contributed by atoms with E-state index in [0.29, 0.717) is 12.3 Å². The Morgan fingerprint density at radius 3 is 2.57 bits per heavy atom. The quantitative estimate of drug-likeness (QED) is 0.666. The zero-order valence-corrected chi connectivity index (χ0v) is 16.5. The Morgan fingerprint density at radius 1 is 1.07 bits per heavy atom. The lowest BCUT2D eigenvalue weighted by molar-refractivity contribution is 0.0269. The summed E-state index contributed by atoms with van der Waals surface area (Å²) in [4.78, 5) is 17.3. The van der Waals surface area contributed by atoms with E-state index in [4.69, 9.17) is 4.42 Å². The molecule has 4 rings (SSSR count). The van der Waals surface area contributed by atoms with Gasteiger partial charge in [-0.05, 0) is 56.7 Å². The molecule has 0 N–H and O–H groups in total. The molecule has 1 aromatic heterocycles. The van der Waals surface area contributed by atoms with Crippen molar-refractivity contribution in [3.8, 4) is 0 Å².